The first-order valence-corrected chi connectivity index (χ1v) is 5.99. The van der Waals surface area contributed by atoms with E-state index in [1.54, 1.807) is 24.3 Å². The van der Waals surface area contributed by atoms with Crippen LogP contribution in [0.2, 0.25) is 0 Å². The summed E-state index contributed by atoms with van der Waals surface area (Å²) < 4.78 is 13.4. The molecule has 0 aliphatic rings. The van der Waals surface area contributed by atoms with Crippen molar-refractivity contribution in [3.63, 3.8) is 0 Å². The van der Waals surface area contributed by atoms with Gasteiger partial charge in [-0.25, -0.2) is 9.37 Å². The smallest absolute Gasteiger partial charge is 0.126 e. The predicted octanol–water partition coefficient (Wildman–Crippen LogP) is 2.76. The lowest BCUT2D eigenvalue weighted by Crippen LogP contribution is -2.01. The summed E-state index contributed by atoms with van der Waals surface area (Å²) in [5, 5.41) is 2.94. The number of thiazole rings is 1. The Morgan fingerprint density at radius 1 is 1.44 bits per heavy atom. The molecule has 0 saturated heterocycles. The maximum Gasteiger partial charge on any atom is 0.126 e. The Balaban J connectivity index is 2.31. The second kappa shape index (κ2) is 4.72. The fraction of sp³-hybridized carbons (Fsp3) is 0.250. The van der Waals surface area contributed by atoms with Crippen molar-refractivity contribution >= 4 is 11.3 Å². The van der Waals surface area contributed by atoms with Gasteiger partial charge in [0.2, 0.25) is 0 Å². The van der Waals surface area contributed by atoms with E-state index in [1.165, 1.54) is 6.07 Å². The third kappa shape index (κ3) is 2.28. The Hall–Kier alpha value is -1.26. The van der Waals surface area contributed by atoms with Crippen LogP contribution in [0.5, 0.6) is 0 Å². The molecule has 1 aromatic carbocycles. The molecule has 2 N–H and O–H groups in total. The molecule has 0 aliphatic heterocycles. The fourth-order valence-corrected chi connectivity index (χ4v) is 2.26. The minimum atomic E-state index is -0.189. The van der Waals surface area contributed by atoms with Crippen LogP contribution in [0.1, 0.15) is 10.6 Å². The molecule has 1 heterocycles. The van der Waals surface area contributed by atoms with E-state index < -0.39 is 0 Å². The Labute approximate surface area is 97.9 Å². The molecule has 0 spiro atoms. The quantitative estimate of drug-likeness (QED) is 0.890. The number of nitrogens with zero attached hydrogens (tertiary/aromatic N) is 1. The lowest BCUT2D eigenvalue weighted by atomic mass is 10.1. The molecule has 84 valence electrons. The SMILES string of the molecule is Cc1ccc(-c2csc(CCN)n2)cc1F. The van der Waals surface area contributed by atoms with Crippen molar-refractivity contribution in [2.45, 2.75) is 13.3 Å². The van der Waals surface area contributed by atoms with Gasteiger partial charge in [-0.3, -0.25) is 0 Å². The summed E-state index contributed by atoms with van der Waals surface area (Å²) in [6, 6.07) is 5.18. The second-order valence-corrected chi connectivity index (χ2v) is 4.57. The Morgan fingerprint density at radius 3 is 2.94 bits per heavy atom. The third-order valence-electron chi connectivity index (χ3n) is 2.38. The Bertz CT molecular complexity index is 494. The molecule has 2 aromatic rings. The normalized spacial score (nSPS) is 10.7. The van der Waals surface area contributed by atoms with E-state index in [-0.39, 0.29) is 5.82 Å². The van der Waals surface area contributed by atoms with E-state index in [0.29, 0.717) is 12.1 Å². The molecule has 0 radical (unpaired) electrons. The van der Waals surface area contributed by atoms with Gasteiger partial charge in [-0.2, -0.15) is 0 Å². The highest BCUT2D eigenvalue weighted by atomic mass is 32.1. The standard InChI is InChI=1S/C12H13FN2S/c1-8-2-3-9(6-10(8)13)11-7-16-12(15-11)4-5-14/h2-3,6-7H,4-5,14H2,1H3. The van der Waals surface area contributed by atoms with Crippen molar-refractivity contribution in [3.8, 4) is 11.3 Å². The molecule has 0 saturated carbocycles. The van der Waals surface area contributed by atoms with Crippen molar-refractivity contribution in [3.05, 3.63) is 40.0 Å². The highest BCUT2D eigenvalue weighted by molar-refractivity contribution is 7.09. The highest BCUT2D eigenvalue weighted by Crippen LogP contribution is 2.23. The molecule has 1 aromatic heterocycles. The van der Waals surface area contributed by atoms with Gasteiger partial charge in [0.15, 0.2) is 0 Å². The first kappa shape index (κ1) is 11.2. The molecule has 0 bridgehead atoms. The molecule has 4 heteroatoms. The van der Waals surface area contributed by atoms with Gasteiger partial charge in [0, 0.05) is 17.4 Å². The van der Waals surface area contributed by atoms with Crippen LogP contribution in [0.25, 0.3) is 11.3 Å². The van der Waals surface area contributed by atoms with Crippen LogP contribution in [-0.2, 0) is 6.42 Å². The summed E-state index contributed by atoms with van der Waals surface area (Å²) in [7, 11) is 0. The van der Waals surface area contributed by atoms with Crippen LogP contribution < -0.4 is 5.73 Å². The summed E-state index contributed by atoms with van der Waals surface area (Å²) in [4.78, 5) is 4.41. The van der Waals surface area contributed by atoms with Crippen LogP contribution >= 0.6 is 11.3 Å². The van der Waals surface area contributed by atoms with Crippen molar-refractivity contribution < 1.29 is 4.39 Å². The van der Waals surface area contributed by atoms with Gasteiger partial charge in [0.1, 0.15) is 5.82 Å². The Morgan fingerprint density at radius 2 is 2.25 bits per heavy atom. The van der Waals surface area contributed by atoms with Gasteiger partial charge in [-0.1, -0.05) is 12.1 Å². The zero-order chi connectivity index (χ0) is 11.5. The number of rotatable bonds is 3. The first-order valence-electron chi connectivity index (χ1n) is 5.11. The average molecular weight is 236 g/mol. The van der Waals surface area contributed by atoms with Gasteiger partial charge < -0.3 is 5.73 Å². The molecule has 2 rings (SSSR count). The predicted molar refractivity (Wildman–Crippen MR) is 65.0 cm³/mol. The van der Waals surface area contributed by atoms with Gasteiger partial charge >= 0.3 is 0 Å². The zero-order valence-electron chi connectivity index (χ0n) is 9.03. The lowest BCUT2D eigenvalue weighted by Gasteiger charge is -1.99. The van der Waals surface area contributed by atoms with E-state index in [1.807, 2.05) is 11.4 Å². The van der Waals surface area contributed by atoms with Gasteiger partial charge in [-0.05, 0) is 25.1 Å². The van der Waals surface area contributed by atoms with E-state index in [9.17, 15) is 4.39 Å². The monoisotopic (exact) mass is 236 g/mol. The summed E-state index contributed by atoms with van der Waals surface area (Å²) in [5.41, 5.74) is 7.76. The van der Waals surface area contributed by atoms with Crippen LogP contribution in [0, 0.1) is 12.7 Å². The largest absolute Gasteiger partial charge is 0.330 e. The molecule has 0 unspecified atom stereocenters. The molecule has 2 nitrogen and oxygen atoms in total. The molecule has 0 aliphatic carbocycles. The lowest BCUT2D eigenvalue weighted by molar-refractivity contribution is 0.619. The molecule has 16 heavy (non-hydrogen) atoms. The number of hydrogen-bond acceptors (Lipinski definition) is 3. The summed E-state index contributed by atoms with van der Waals surface area (Å²) in [6.07, 6.45) is 0.777. The van der Waals surface area contributed by atoms with Gasteiger partial charge in [-0.15, -0.1) is 11.3 Å². The third-order valence-corrected chi connectivity index (χ3v) is 3.29. The average Bonchev–Trinajstić information content (AvgIpc) is 2.71. The summed E-state index contributed by atoms with van der Waals surface area (Å²) in [5.74, 6) is -0.189. The van der Waals surface area contributed by atoms with Crippen molar-refractivity contribution in [1.82, 2.24) is 4.98 Å². The highest BCUT2D eigenvalue weighted by Gasteiger charge is 2.06. The maximum absolute atomic E-state index is 13.4. The van der Waals surface area contributed by atoms with Crippen LogP contribution in [0.15, 0.2) is 23.6 Å². The molecule has 0 atom stereocenters. The fourth-order valence-electron chi connectivity index (χ4n) is 1.43. The van der Waals surface area contributed by atoms with E-state index in [4.69, 9.17) is 5.73 Å². The minimum Gasteiger partial charge on any atom is -0.330 e. The van der Waals surface area contributed by atoms with Gasteiger partial charge in [0.25, 0.3) is 0 Å². The van der Waals surface area contributed by atoms with Crippen molar-refractivity contribution in [2.24, 2.45) is 5.73 Å². The number of nitrogens with two attached hydrogens (primary N) is 1. The molecular formula is C12H13FN2S. The summed E-state index contributed by atoms with van der Waals surface area (Å²) >= 11 is 1.57. The van der Waals surface area contributed by atoms with E-state index in [2.05, 4.69) is 4.98 Å². The van der Waals surface area contributed by atoms with Crippen LogP contribution in [-0.4, -0.2) is 11.5 Å². The van der Waals surface area contributed by atoms with Crippen LogP contribution in [0.3, 0.4) is 0 Å². The molecule has 0 fully saturated rings. The minimum absolute atomic E-state index is 0.189. The second-order valence-electron chi connectivity index (χ2n) is 3.63. The number of hydrogen-bond donors (Lipinski definition) is 1. The number of aromatic nitrogens is 1. The molecular weight excluding hydrogens is 223 g/mol. The topological polar surface area (TPSA) is 38.9 Å². The summed E-state index contributed by atoms with van der Waals surface area (Å²) in [6.45, 7) is 2.34. The van der Waals surface area contributed by atoms with E-state index in [0.717, 1.165) is 22.7 Å². The van der Waals surface area contributed by atoms with Gasteiger partial charge in [0.05, 0.1) is 10.7 Å². The molecule has 0 amide bonds. The number of halogens is 1. The zero-order valence-corrected chi connectivity index (χ0v) is 9.85. The Kier molecular flexibility index (Phi) is 3.31. The first-order chi connectivity index (χ1) is 7.70. The van der Waals surface area contributed by atoms with Crippen LogP contribution in [0.4, 0.5) is 4.39 Å². The number of benzene rings is 1. The van der Waals surface area contributed by atoms with Crippen molar-refractivity contribution in [2.75, 3.05) is 6.54 Å². The maximum atomic E-state index is 13.4. The number of aryl methyl sites for hydroxylation is 1. The van der Waals surface area contributed by atoms with Crippen molar-refractivity contribution in [1.29, 1.82) is 0 Å². The van der Waals surface area contributed by atoms with E-state index >= 15 is 0 Å².